The first-order valence-electron chi connectivity index (χ1n) is 19.2. The van der Waals surface area contributed by atoms with Gasteiger partial charge in [0, 0.05) is 48.8 Å². The van der Waals surface area contributed by atoms with E-state index >= 15 is 0 Å². The molecule has 0 aliphatic heterocycles. The number of methoxy groups -OCH3 is 2. The van der Waals surface area contributed by atoms with E-state index in [-0.39, 0.29) is 12.8 Å². The van der Waals surface area contributed by atoms with Gasteiger partial charge < -0.3 is 28.4 Å². The lowest BCUT2D eigenvalue weighted by Crippen LogP contribution is -2.30. The molecule has 4 aromatic carbocycles. The van der Waals surface area contributed by atoms with E-state index in [1.165, 1.54) is 14.2 Å². The van der Waals surface area contributed by atoms with Crippen molar-refractivity contribution in [3.63, 3.8) is 0 Å². The highest BCUT2D eigenvalue weighted by Gasteiger charge is 2.28. The number of carbonyl (C=O) groups is 4. The predicted octanol–water partition coefficient (Wildman–Crippen LogP) is 8.97. The average molecular weight is 809 g/mol. The predicted molar refractivity (Wildman–Crippen MR) is 222 cm³/mol. The smallest absolute Gasteiger partial charge is 0.417 e. The molecule has 60 heavy (non-hydrogen) atoms. The molecule has 0 spiro atoms. The maximum atomic E-state index is 13.0. The molecule has 6 rings (SSSR count). The summed E-state index contributed by atoms with van der Waals surface area (Å²) in [5, 5.41) is 0. The van der Waals surface area contributed by atoms with E-state index in [1.54, 1.807) is 87.2 Å². The summed E-state index contributed by atoms with van der Waals surface area (Å²) in [5.74, 6) is -2.01. The molecule has 0 saturated heterocycles. The SMILES string of the molecule is COC(=O)c1cccc(-c2ccc(OC(CC(C)OC(=O)C(=O)OC(C)CC(Oc3ccc(-c4cccc(C(=O)OC)c4)cc3)c3cccnc3)c3cccnc3)cc2)c1. The monoisotopic (exact) mass is 808 g/mol. The van der Waals surface area contributed by atoms with Crippen LogP contribution < -0.4 is 9.47 Å². The highest BCUT2D eigenvalue weighted by Crippen LogP contribution is 2.31. The lowest BCUT2D eigenvalue weighted by molar-refractivity contribution is -0.174. The number of carbonyl (C=O) groups excluding carboxylic acids is 4. The molecule has 0 amide bonds. The van der Waals surface area contributed by atoms with Gasteiger partial charge in [0.05, 0.1) is 25.3 Å². The maximum Gasteiger partial charge on any atom is 0.417 e. The van der Waals surface area contributed by atoms with Crippen LogP contribution in [0.25, 0.3) is 22.3 Å². The first kappa shape index (κ1) is 42.3. The third kappa shape index (κ3) is 11.4. The van der Waals surface area contributed by atoms with E-state index in [0.29, 0.717) is 22.6 Å². The number of benzene rings is 4. The molecule has 4 atom stereocenters. The molecule has 2 heterocycles. The van der Waals surface area contributed by atoms with Crippen LogP contribution in [-0.2, 0) is 28.5 Å². The summed E-state index contributed by atoms with van der Waals surface area (Å²) >= 11 is 0. The van der Waals surface area contributed by atoms with Gasteiger partial charge >= 0.3 is 23.9 Å². The first-order valence-corrected chi connectivity index (χ1v) is 19.2. The standard InChI is InChI=1S/C48H44N2O10/c1-31(25-43(39-13-7-23-49-29-39)59-41-19-15-33(16-20-41)35-9-5-11-37(27-35)45(51)55-3)57-47(53)48(54)58-32(2)26-44(40-14-8-24-50-30-40)60-42-21-17-34(18-22-42)36-10-6-12-38(28-36)46(52)56-4/h5-24,27-32,43-44H,25-26H2,1-4H3. The molecule has 12 heteroatoms. The fraction of sp³-hybridized carbons (Fsp3) is 0.208. The number of rotatable bonds is 16. The Bertz CT molecular complexity index is 2200. The Labute approximate surface area is 348 Å². The summed E-state index contributed by atoms with van der Waals surface area (Å²) < 4.78 is 33.6. The van der Waals surface area contributed by atoms with Crippen molar-refractivity contribution >= 4 is 23.9 Å². The zero-order valence-corrected chi connectivity index (χ0v) is 33.6. The van der Waals surface area contributed by atoms with Crippen LogP contribution >= 0.6 is 0 Å². The van der Waals surface area contributed by atoms with Crippen molar-refractivity contribution < 1.29 is 47.6 Å². The van der Waals surface area contributed by atoms with Crippen molar-refractivity contribution in [2.75, 3.05) is 14.2 Å². The van der Waals surface area contributed by atoms with E-state index in [0.717, 1.165) is 33.4 Å². The Balaban J connectivity index is 1.06. The molecule has 2 aromatic heterocycles. The van der Waals surface area contributed by atoms with Gasteiger partial charge in [-0.25, -0.2) is 19.2 Å². The normalized spacial score (nSPS) is 12.8. The van der Waals surface area contributed by atoms with E-state index in [4.69, 9.17) is 28.4 Å². The Morgan fingerprint density at radius 2 is 0.900 bits per heavy atom. The average Bonchev–Trinajstić information content (AvgIpc) is 3.29. The Morgan fingerprint density at radius 3 is 1.25 bits per heavy atom. The van der Waals surface area contributed by atoms with Crippen LogP contribution in [0, 0.1) is 0 Å². The Hall–Kier alpha value is -7.34. The summed E-state index contributed by atoms with van der Waals surface area (Å²) in [7, 11) is 2.68. The quantitative estimate of drug-likeness (QED) is 0.0522. The second-order valence-electron chi connectivity index (χ2n) is 13.9. The second kappa shape index (κ2) is 20.4. The van der Waals surface area contributed by atoms with E-state index < -0.39 is 48.3 Å². The third-order valence-corrected chi connectivity index (χ3v) is 9.49. The lowest BCUT2D eigenvalue weighted by atomic mass is 10.0. The van der Waals surface area contributed by atoms with Crippen LogP contribution in [0.15, 0.2) is 146 Å². The van der Waals surface area contributed by atoms with Gasteiger partial charge in [-0.3, -0.25) is 9.97 Å². The van der Waals surface area contributed by atoms with Crippen LogP contribution in [0.5, 0.6) is 11.5 Å². The maximum absolute atomic E-state index is 13.0. The highest BCUT2D eigenvalue weighted by atomic mass is 16.6. The van der Waals surface area contributed by atoms with Gasteiger partial charge in [0.15, 0.2) is 0 Å². The Kier molecular flexibility index (Phi) is 14.4. The summed E-state index contributed by atoms with van der Waals surface area (Å²) in [6.45, 7) is 3.35. The molecular weight excluding hydrogens is 765 g/mol. The van der Waals surface area contributed by atoms with Gasteiger partial charge in [-0.1, -0.05) is 60.7 Å². The number of ether oxygens (including phenoxy) is 6. The molecule has 4 unspecified atom stereocenters. The zero-order valence-electron chi connectivity index (χ0n) is 33.6. The number of hydrogen-bond acceptors (Lipinski definition) is 12. The van der Waals surface area contributed by atoms with E-state index in [2.05, 4.69) is 9.97 Å². The van der Waals surface area contributed by atoms with Crippen molar-refractivity contribution in [3.05, 3.63) is 168 Å². The van der Waals surface area contributed by atoms with Gasteiger partial charge in [-0.2, -0.15) is 0 Å². The molecule has 306 valence electrons. The highest BCUT2D eigenvalue weighted by molar-refractivity contribution is 6.29. The van der Waals surface area contributed by atoms with Crippen LogP contribution in [-0.4, -0.2) is 60.3 Å². The summed E-state index contributed by atoms with van der Waals surface area (Å²) in [4.78, 5) is 58.6. The molecule has 12 nitrogen and oxygen atoms in total. The molecule has 0 aliphatic rings. The molecule has 6 aromatic rings. The second-order valence-corrected chi connectivity index (χ2v) is 13.9. The summed E-state index contributed by atoms with van der Waals surface area (Å²) in [5.41, 5.74) is 5.79. The number of nitrogens with zero attached hydrogens (tertiary/aromatic N) is 2. The number of esters is 4. The van der Waals surface area contributed by atoms with Gasteiger partial charge in [-0.05, 0) is 96.8 Å². The van der Waals surface area contributed by atoms with Crippen molar-refractivity contribution in [1.29, 1.82) is 0 Å². The van der Waals surface area contributed by atoms with E-state index in [9.17, 15) is 19.2 Å². The number of hydrogen-bond donors (Lipinski definition) is 0. The molecule has 0 aliphatic carbocycles. The lowest BCUT2D eigenvalue weighted by Gasteiger charge is -2.24. The third-order valence-electron chi connectivity index (χ3n) is 9.49. The topological polar surface area (TPSA) is 149 Å². The largest absolute Gasteiger partial charge is 0.486 e. The van der Waals surface area contributed by atoms with Crippen LogP contribution in [0.4, 0.5) is 0 Å². The van der Waals surface area contributed by atoms with Gasteiger partial charge in [0.2, 0.25) is 0 Å². The molecule has 0 radical (unpaired) electrons. The fourth-order valence-corrected chi connectivity index (χ4v) is 6.47. The number of pyridine rings is 2. The van der Waals surface area contributed by atoms with Crippen molar-refractivity contribution in [2.45, 2.75) is 51.1 Å². The summed E-state index contributed by atoms with van der Waals surface area (Å²) in [6, 6.07) is 36.3. The van der Waals surface area contributed by atoms with Crippen LogP contribution in [0.2, 0.25) is 0 Å². The first-order chi connectivity index (χ1) is 29.1. The van der Waals surface area contributed by atoms with Crippen LogP contribution in [0.1, 0.15) is 70.7 Å². The van der Waals surface area contributed by atoms with Gasteiger partial charge in [0.1, 0.15) is 35.9 Å². The van der Waals surface area contributed by atoms with Gasteiger partial charge in [0.25, 0.3) is 0 Å². The molecular formula is C48H44N2O10. The van der Waals surface area contributed by atoms with Gasteiger partial charge in [-0.15, -0.1) is 0 Å². The molecule has 0 bridgehead atoms. The minimum absolute atomic E-state index is 0.204. The zero-order chi connectivity index (χ0) is 42.4. The van der Waals surface area contributed by atoms with Crippen molar-refractivity contribution in [2.24, 2.45) is 0 Å². The van der Waals surface area contributed by atoms with Crippen LogP contribution in [0.3, 0.4) is 0 Å². The number of aromatic nitrogens is 2. The van der Waals surface area contributed by atoms with Crippen molar-refractivity contribution in [3.8, 4) is 33.8 Å². The van der Waals surface area contributed by atoms with E-state index in [1.807, 2.05) is 72.8 Å². The minimum Gasteiger partial charge on any atom is -0.486 e. The summed E-state index contributed by atoms with van der Waals surface area (Å²) in [6.07, 6.45) is 4.38. The molecule has 0 fully saturated rings. The fourth-order valence-electron chi connectivity index (χ4n) is 6.47. The van der Waals surface area contributed by atoms with Crippen molar-refractivity contribution in [1.82, 2.24) is 9.97 Å². The molecule has 0 saturated carbocycles. The Morgan fingerprint density at radius 1 is 0.500 bits per heavy atom. The molecule has 0 N–H and O–H groups in total. The minimum atomic E-state index is -1.14.